The maximum absolute atomic E-state index is 12.5. The number of ketones is 1. The van der Waals surface area contributed by atoms with E-state index in [0.29, 0.717) is 24.2 Å². The number of Topliss-reactive ketones (excluding diaryl/α,β-unsaturated/α-hetero) is 1. The molecule has 0 aromatic heterocycles. The van der Waals surface area contributed by atoms with Crippen molar-refractivity contribution in [2.75, 3.05) is 13.1 Å². The van der Waals surface area contributed by atoms with Gasteiger partial charge in [-0.05, 0) is 37.6 Å². The predicted molar refractivity (Wildman–Crippen MR) is 101 cm³/mol. The van der Waals surface area contributed by atoms with Crippen molar-refractivity contribution in [1.29, 1.82) is 0 Å². The summed E-state index contributed by atoms with van der Waals surface area (Å²) in [5.41, 5.74) is 0.723. The van der Waals surface area contributed by atoms with Crippen molar-refractivity contribution in [1.82, 2.24) is 4.90 Å². The van der Waals surface area contributed by atoms with E-state index in [1.807, 2.05) is 13.8 Å². The number of nitro groups is 1. The van der Waals surface area contributed by atoms with E-state index in [2.05, 4.69) is 0 Å². The van der Waals surface area contributed by atoms with E-state index < -0.39 is 11.0 Å². The molecule has 0 fully saturated rings. The molecule has 28 heavy (non-hydrogen) atoms. The third-order valence-electron chi connectivity index (χ3n) is 4.25. The summed E-state index contributed by atoms with van der Waals surface area (Å²) in [5, 5.41) is 10.9. The monoisotopic (exact) mass is 382 g/mol. The van der Waals surface area contributed by atoms with Crippen molar-refractivity contribution in [3.05, 3.63) is 69.5 Å². The second-order valence-corrected chi connectivity index (χ2v) is 5.99. The summed E-state index contributed by atoms with van der Waals surface area (Å²) in [4.78, 5) is 36.5. The first-order chi connectivity index (χ1) is 13.4. The maximum atomic E-state index is 12.5. The van der Waals surface area contributed by atoms with Crippen LogP contribution >= 0.6 is 0 Å². The number of carbonyl (C=O) groups excluding carboxylic acids is 2. The summed E-state index contributed by atoms with van der Waals surface area (Å²) in [6, 6.07) is 10.4. The van der Waals surface area contributed by atoms with E-state index in [1.54, 1.807) is 6.07 Å². The molecule has 3 rings (SSSR count). The summed E-state index contributed by atoms with van der Waals surface area (Å²) >= 11 is 0. The minimum atomic E-state index is -0.509. The highest BCUT2D eigenvalue weighted by atomic mass is 16.6. The van der Waals surface area contributed by atoms with Gasteiger partial charge in [0.1, 0.15) is 11.5 Å². The largest absolute Gasteiger partial charge is 0.452 e. The molecule has 2 aromatic carbocycles. The lowest BCUT2D eigenvalue weighted by atomic mass is 10.1. The third kappa shape index (κ3) is 3.85. The molecule has 2 aromatic rings. The first-order valence-electron chi connectivity index (χ1n) is 8.72. The summed E-state index contributed by atoms with van der Waals surface area (Å²) in [6.45, 7) is 4.73. The summed E-state index contributed by atoms with van der Waals surface area (Å²) in [5.74, 6) is 0.234. The van der Waals surface area contributed by atoms with Crippen LogP contribution in [0.5, 0.6) is 11.5 Å². The Labute approximate surface area is 161 Å². The Morgan fingerprint density at radius 3 is 2.64 bits per heavy atom. The van der Waals surface area contributed by atoms with Crippen molar-refractivity contribution >= 4 is 23.6 Å². The average Bonchev–Trinajstić information content (AvgIpc) is 2.98. The zero-order valence-corrected chi connectivity index (χ0v) is 15.4. The summed E-state index contributed by atoms with van der Waals surface area (Å²) in [7, 11) is 0. The Bertz CT molecular complexity index is 978. The van der Waals surface area contributed by atoms with Gasteiger partial charge in [-0.25, -0.2) is 4.79 Å². The molecule has 0 aliphatic carbocycles. The van der Waals surface area contributed by atoms with Crippen molar-refractivity contribution in [3.63, 3.8) is 0 Å². The fourth-order valence-corrected chi connectivity index (χ4v) is 2.76. The van der Waals surface area contributed by atoms with Gasteiger partial charge in [-0.1, -0.05) is 12.1 Å². The molecule has 144 valence electrons. The smallest absolute Gasteiger partial charge is 0.415 e. The molecule has 1 heterocycles. The lowest BCUT2D eigenvalue weighted by molar-refractivity contribution is -0.384. The molecule has 0 spiro atoms. The van der Waals surface area contributed by atoms with Crippen molar-refractivity contribution in [2.24, 2.45) is 0 Å². The van der Waals surface area contributed by atoms with Crippen LogP contribution in [0.1, 0.15) is 29.8 Å². The molecule has 0 bridgehead atoms. The average molecular weight is 382 g/mol. The molecule has 0 saturated heterocycles. The van der Waals surface area contributed by atoms with Gasteiger partial charge in [0.15, 0.2) is 5.76 Å². The quantitative estimate of drug-likeness (QED) is 0.439. The SMILES string of the molecule is CCN(CC)C(=O)Oc1ccc2c(c1)OC(=Cc1cccc([N+](=O)[O-])c1)C2=O. The Kier molecular flexibility index (Phi) is 5.39. The van der Waals surface area contributed by atoms with Crippen LogP contribution in [0.2, 0.25) is 0 Å². The number of non-ortho nitro benzene ring substituents is 1. The molecule has 8 heteroatoms. The van der Waals surface area contributed by atoms with Crippen LogP contribution < -0.4 is 9.47 Å². The van der Waals surface area contributed by atoms with E-state index >= 15 is 0 Å². The fourth-order valence-electron chi connectivity index (χ4n) is 2.76. The lowest BCUT2D eigenvalue weighted by Gasteiger charge is -2.17. The van der Waals surface area contributed by atoms with E-state index in [-0.39, 0.29) is 28.7 Å². The Morgan fingerprint density at radius 2 is 1.96 bits per heavy atom. The second kappa shape index (κ2) is 7.91. The maximum Gasteiger partial charge on any atom is 0.415 e. The topological polar surface area (TPSA) is 99.0 Å². The van der Waals surface area contributed by atoms with Crippen LogP contribution in [-0.4, -0.2) is 34.8 Å². The Balaban J connectivity index is 1.82. The number of hydrogen-bond acceptors (Lipinski definition) is 6. The number of benzene rings is 2. The van der Waals surface area contributed by atoms with Gasteiger partial charge in [-0.2, -0.15) is 0 Å². The van der Waals surface area contributed by atoms with Crippen LogP contribution in [0, 0.1) is 10.1 Å². The molecular formula is C20H18N2O6. The van der Waals surface area contributed by atoms with E-state index in [9.17, 15) is 19.7 Å². The third-order valence-corrected chi connectivity index (χ3v) is 4.25. The highest BCUT2D eigenvalue weighted by Crippen LogP contribution is 2.35. The van der Waals surface area contributed by atoms with Crippen LogP contribution in [0.4, 0.5) is 10.5 Å². The minimum absolute atomic E-state index is 0.0442. The van der Waals surface area contributed by atoms with Gasteiger partial charge in [0.2, 0.25) is 5.78 Å². The van der Waals surface area contributed by atoms with Crippen molar-refractivity contribution in [2.45, 2.75) is 13.8 Å². The Hall–Kier alpha value is -3.68. The number of fused-ring (bicyclic) bond motifs is 1. The molecule has 0 atom stereocenters. The molecule has 0 N–H and O–H groups in total. The van der Waals surface area contributed by atoms with E-state index in [1.165, 1.54) is 47.4 Å². The van der Waals surface area contributed by atoms with Gasteiger partial charge in [-0.3, -0.25) is 14.9 Å². The number of hydrogen-bond donors (Lipinski definition) is 0. The zero-order chi connectivity index (χ0) is 20.3. The number of carbonyl (C=O) groups is 2. The molecule has 1 amide bonds. The molecular weight excluding hydrogens is 364 g/mol. The number of nitro benzene ring substituents is 1. The predicted octanol–water partition coefficient (Wildman–Crippen LogP) is 4.05. The van der Waals surface area contributed by atoms with E-state index in [0.717, 1.165) is 0 Å². The van der Waals surface area contributed by atoms with Gasteiger partial charge in [0.25, 0.3) is 5.69 Å². The van der Waals surface area contributed by atoms with Gasteiger partial charge in [0.05, 0.1) is 10.5 Å². The highest BCUT2D eigenvalue weighted by Gasteiger charge is 2.28. The van der Waals surface area contributed by atoms with Gasteiger partial charge < -0.3 is 14.4 Å². The summed E-state index contributed by atoms with van der Waals surface area (Å²) < 4.78 is 10.9. The standard InChI is InChI=1S/C20H18N2O6/c1-3-21(4-2)20(24)27-15-8-9-16-17(12-15)28-18(19(16)23)11-13-6-5-7-14(10-13)22(25)26/h5-12H,3-4H2,1-2H3. The van der Waals surface area contributed by atoms with Gasteiger partial charge in [0, 0.05) is 31.3 Å². The first kappa shape index (κ1) is 19.1. The van der Waals surface area contributed by atoms with Crippen LogP contribution in [0.15, 0.2) is 48.2 Å². The number of nitrogens with zero attached hydrogens (tertiary/aromatic N) is 2. The Morgan fingerprint density at radius 1 is 1.21 bits per heavy atom. The normalized spacial score (nSPS) is 13.8. The molecule has 1 aliphatic rings. The van der Waals surface area contributed by atoms with Crippen LogP contribution in [0.25, 0.3) is 6.08 Å². The molecule has 0 radical (unpaired) electrons. The molecule has 1 aliphatic heterocycles. The number of allylic oxidation sites excluding steroid dienone is 1. The fraction of sp³-hybridized carbons (Fsp3) is 0.200. The van der Waals surface area contributed by atoms with Crippen molar-refractivity contribution in [3.8, 4) is 11.5 Å². The zero-order valence-electron chi connectivity index (χ0n) is 15.4. The molecule has 8 nitrogen and oxygen atoms in total. The number of rotatable bonds is 5. The highest BCUT2D eigenvalue weighted by molar-refractivity contribution is 6.14. The van der Waals surface area contributed by atoms with Gasteiger partial charge in [-0.15, -0.1) is 0 Å². The number of ether oxygens (including phenoxy) is 2. The summed E-state index contributed by atoms with van der Waals surface area (Å²) in [6.07, 6.45) is 0.957. The van der Waals surface area contributed by atoms with Gasteiger partial charge >= 0.3 is 6.09 Å². The number of amides is 1. The van der Waals surface area contributed by atoms with Crippen LogP contribution in [0.3, 0.4) is 0 Å². The minimum Gasteiger partial charge on any atom is -0.452 e. The first-order valence-corrected chi connectivity index (χ1v) is 8.72. The molecule has 0 unspecified atom stereocenters. The van der Waals surface area contributed by atoms with E-state index in [4.69, 9.17) is 9.47 Å². The van der Waals surface area contributed by atoms with Crippen molar-refractivity contribution < 1.29 is 24.0 Å². The lowest BCUT2D eigenvalue weighted by Crippen LogP contribution is -2.33. The van der Waals surface area contributed by atoms with Crippen LogP contribution in [-0.2, 0) is 0 Å². The second-order valence-electron chi connectivity index (χ2n) is 5.99. The molecule has 0 saturated carbocycles.